The molecular formula is C7H12N4. The normalized spacial score (nSPS) is 13.0. The lowest BCUT2D eigenvalue weighted by Crippen LogP contribution is -2.11. The predicted molar refractivity (Wildman–Crippen MR) is 42.0 cm³/mol. The van der Waals surface area contributed by atoms with Crippen molar-refractivity contribution in [1.82, 2.24) is 15.2 Å². The smallest absolute Gasteiger partial charge is 0.147 e. The van der Waals surface area contributed by atoms with Crippen LogP contribution < -0.4 is 5.73 Å². The maximum Gasteiger partial charge on any atom is 0.147 e. The maximum absolute atomic E-state index is 5.45. The second kappa shape index (κ2) is 3.39. The van der Waals surface area contributed by atoms with Gasteiger partial charge in [0.2, 0.25) is 0 Å². The van der Waals surface area contributed by atoms with Gasteiger partial charge in [-0.1, -0.05) is 6.92 Å². The van der Waals surface area contributed by atoms with Gasteiger partial charge in [-0.2, -0.15) is 5.10 Å². The van der Waals surface area contributed by atoms with Crippen LogP contribution in [-0.2, 0) is 0 Å². The quantitative estimate of drug-likeness (QED) is 0.659. The standard InChI is InChI=1S/C7H12N4/c1-5(3-8)7-4-9-6(2)10-11-7/h4-5H,3,8H2,1-2H3. The van der Waals surface area contributed by atoms with E-state index < -0.39 is 0 Å². The average molecular weight is 152 g/mol. The van der Waals surface area contributed by atoms with Crippen molar-refractivity contribution in [1.29, 1.82) is 0 Å². The molecule has 1 aromatic heterocycles. The summed E-state index contributed by atoms with van der Waals surface area (Å²) < 4.78 is 0. The van der Waals surface area contributed by atoms with Crippen molar-refractivity contribution in [3.05, 3.63) is 17.7 Å². The second-order valence-electron chi connectivity index (χ2n) is 2.57. The van der Waals surface area contributed by atoms with Crippen LogP contribution in [0.2, 0.25) is 0 Å². The summed E-state index contributed by atoms with van der Waals surface area (Å²) in [4.78, 5) is 4.02. The minimum Gasteiger partial charge on any atom is -0.330 e. The number of hydrogen-bond donors (Lipinski definition) is 1. The zero-order chi connectivity index (χ0) is 8.27. The van der Waals surface area contributed by atoms with Crippen LogP contribution in [0.3, 0.4) is 0 Å². The molecule has 1 unspecified atom stereocenters. The first-order valence-electron chi connectivity index (χ1n) is 3.60. The van der Waals surface area contributed by atoms with Gasteiger partial charge in [-0.25, -0.2) is 4.98 Å². The lowest BCUT2D eigenvalue weighted by Gasteiger charge is -2.04. The zero-order valence-corrected chi connectivity index (χ0v) is 6.78. The number of nitrogens with two attached hydrogens (primary N) is 1. The zero-order valence-electron chi connectivity index (χ0n) is 6.78. The van der Waals surface area contributed by atoms with Gasteiger partial charge in [0.05, 0.1) is 11.9 Å². The van der Waals surface area contributed by atoms with Gasteiger partial charge in [0.25, 0.3) is 0 Å². The highest BCUT2D eigenvalue weighted by Crippen LogP contribution is 2.06. The van der Waals surface area contributed by atoms with E-state index in [1.54, 1.807) is 6.20 Å². The van der Waals surface area contributed by atoms with Crippen LogP contribution in [0.15, 0.2) is 6.20 Å². The Balaban J connectivity index is 2.81. The van der Waals surface area contributed by atoms with Crippen LogP contribution in [0.4, 0.5) is 0 Å². The Kier molecular flexibility index (Phi) is 2.48. The first kappa shape index (κ1) is 8.07. The van der Waals surface area contributed by atoms with Crippen molar-refractivity contribution in [3.63, 3.8) is 0 Å². The van der Waals surface area contributed by atoms with Crippen LogP contribution in [0.5, 0.6) is 0 Å². The van der Waals surface area contributed by atoms with Gasteiger partial charge in [0, 0.05) is 12.5 Å². The third-order valence-corrected chi connectivity index (χ3v) is 1.55. The van der Waals surface area contributed by atoms with E-state index in [9.17, 15) is 0 Å². The van der Waals surface area contributed by atoms with Crippen molar-refractivity contribution in [2.24, 2.45) is 5.73 Å². The number of rotatable bonds is 2. The number of aryl methyl sites for hydroxylation is 1. The Labute approximate surface area is 65.9 Å². The Morgan fingerprint density at radius 1 is 1.55 bits per heavy atom. The fourth-order valence-electron chi connectivity index (χ4n) is 0.688. The SMILES string of the molecule is Cc1ncc(C(C)CN)nn1. The summed E-state index contributed by atoms with van der Waals surface area (Å²) in [7, 11) is 0. The molecule has 11 heavy (non-hydrogen) atoms. The van der Waals surface area contributed by atoms with Gasteiger partial charge in [0.15, 0.2) is 0 Å². The lowest BCUT2D eigenvalue weighted by atomic mass is 10.1. The largest absolute Gasteiger partial charge is 0.330 e. The number of hydrogen-bond acceptors (Lipinski definition) is 4. The molecule has 0 spiro atoms. The topological polar surface area (TPSA) is 64.7 Å². The molecule has 0 radical (unpaired) electrons. The lowest BCUT2D eigenvalue weighted by molar-refractivity contribution is 0.704. The van der Waals surface area contributed by atoms with E-state index in [1.165, 1.54) is 0 Å². The molecular weight excluding hydrogens is 140 g/mol. The third kappa shape index (κ3) is 1.94. The molecule has 0 aromatic carbocycles. The monoisotopic (exact) mass is 152 g/mol. The fraction of sp³-hybridized carbons (Fsp3) is 0.571. The molecule has 0 fully saturated rings. The molecule has 4 nitrogen and oxygen atoms in total. The van der Waals surface area contributed by atoms with Gasteiger partial charge in [-0.3, -0.25) is 0 Å². The van der Waals surface area contributed by atoms with Gasteiger partial charge >= 0.3 is 0 Å². The summed E-state index contributed by atoms with van der Waals surface area (Å²) in [6.07, 6.45) is 1.72. The Morgan fingerprint density at radius 3 is 2.73 bits per heavy atom. The number of aromatic nitrogens is 3. The molecule has 1 heterocycles. The van der Waals surface area contributed by atoms with Crippen molar-refractivity contribution in [2.75, 3.05) is 6.54 Å². The van der Waals surface area contributed by atoms with E-state index in [1.807, 2.05) is 13.8 Å². The molecule has 0 aliphatic heterocycles. The highest BCUT2D eigenvalue weighted by Gasteiger charge is 2.04. The van der Waals surface area contributed by atoms with E-state index in [-0.39, 0.29) is 5.92 Å². The highest BCUT2D eigenvalue weighted by atomic mass is 15.1. The molecule has 0 saturated carbocycles. The first-order valence-corrected chi connectivity index (χ1v) is 3.60. The number of nitrogens with zero attached hydrogens (tertiary/aromatic N) is 3. The molecule has 1 aromatic rings. The fourth-order valence-corrected chi connectivity index (χ4v) is 0.688. The van der Waals surface area contributed by atoms with Crippen molar-refractivity contribution in [3.8, 4) is 0 Å². The summed E-state index contributed by atoms with van der Waals surface area (Å²) in [6.45, 7) is 4.39. The molecule has 4 heteroatoms. The summed E-state index contributed by atoms with van der Waals surface area (Å²) in [5, 5.41) is 7.79. The minimum atomic E-state index is 0.246. The van der Waals surface area contributed by atoms with Gasteiger partial charge in [0.1, 0.15) is 5.82 Å². The molecule has 0 amide bonds. The predicted octanol–water partition coefficient (Wildman–Crippen LogP) is 0.242. The van der Waals surface area contributed by atoms with Crippen LogP contribution in [-0.4, -0.2) is 21.7 Å². The van der Waals surface area contributed by atoms with Crippen molar-refractivity contribution < 1.29 is 0 Å². The van der Waals surface area contributed by atoms with Gasteiger partial charge < -0.3 is 5.73 Å². The van der Waals surface area contributed by atoms with E-state index >= 15 is 0 Å². The Hall–Kier alpha value is -1.03. The van der Waals surface area contributed by atoms with E-state index in [0.29, 0.717) is 12.4 Å². The van der Waals surface area contributed by atoms with E-state index in [4.69, 9.17) is 5.73 Å². The second-order valence-corrected chi connectivity index (χ2v) is 2.57. The summed E-state index contributed by atoms with van der Waals surface area (Å²) in [5.41, 5.74) is 6.31. The Morgan fingerprint density at radius 2 is 2.27 bits per heavy atom. The summed E-state index contributed by atoms with van der Waals surface area (Å²) in [5.74, 6) is 0.938. The summed E-state index contributed by atoms with van der Waals surface area (Å²) in [6, 6.07) is 0. The molecule has 0 aliphatic carbocycles. The van der Waals surface area contributed by atoms with E-state index in [2.05, 4.69) is 15.2 Å². The third-order valence-electron chi connectivity index (χ3n) is 1.55. The first-order chi connectivity index (χ1) is 5.24. The van der Waals surface area contributed by atoms with Crippen LogP contribution in [0.1, 0.15) is 24.4 Å². The Bertz CT molecular complexity index is 218. The molecule has 1 rings (SSSR count). The average Bonchev–Trinajstić information content (AvgIpc) is 2.05. The molecule has 60 valence electrons. The molecule has 0 saturated heterocycles. The van der Waals surface area contributed by atoms with Crippen molar-refractivity contribution in [2.45, 2.75) is 19.8 Å². The molecule has 0 aliphatic rings. The van der Waals surface area contributed by atoms with Gasteiger partial charge in [-0.05, 0) is 6.92 Å². The van der Waals surface area contributed by atoms with Gasteiger partial charge in [-0.15, -0.1) is 5.10 Å². The minimum absolute atomic E-state index is 0.246. The summed E-state index contributed by atoms with van der Waals surface area (Å²) >= 11 is 0. The molecule has 2 N–H and O–H groups in total. The molecule has 1 atom stereocenters. The van der Waals surface area contributed by atoms with Crippen molar-refractivity contribution >= 4 is 0 Å². The maximum atomic E-state index is 5.45. The van der Waals surface area contributed by atoms with Crippen LogP contribution >= 0.6 is 0 Å². The van der Waals surface area contributed by atoms with Crippen LogP contribution in [0.25, 0.3) is 0 Å². The van der Waals surface area contributed by atoms with E-state index in [0.717, 1.165) is 5.69 Å². The highest BCUT2D eigenvalue weighted by molar-refractivity contribution is 5.00. The molecule has 0 bridgehead atoms. The van der Waals surface area contributed by atoms with Crippen LogP contribution in [0, 0.1) is 6.92 Å².